The number of unbranched alkanes of at least 4 members (excludes halogenated alkanes) is 27. The smallest absolute Gasteiger partial charge is 0.123 e. The highest BCUT2D eigenvalue weighted by molar-refractivity contribution is 5.51. The Balaban J connectivity index is 3.60. The Bertz CT molecular complexity index is 503. The molecule has 0 rings (SSSR count). The molecule has 0 saturated heterocycles. The van der Waals surface area contributed by atoms with Gasteiger partial charge in [0.1, 0.15) is 5.94 Å². The van der Waals surface area contributed by atoms with Crippen molar-refractivity contribution in [2.75, 3.05) is 0 Å². The van der Waals surface area contributed by atoms with E-state index in [1.807, 2.05) is 6.92 Å². The van der Waals surface area contributed by atoms with E-state index in [2.05, 4.69) is 19.8 Å². The van der Waals surface area contributed by atoms with Crippen molar-refractivity contribution in [3.63, 3.8) is 0 Å². The van der Waals surface area contributed by atoms with Crippen molar-refractivity contribution in [1.82, 2.24) is 0 Å². The molecule has 0 heterocycles. The Morgan fingerprint density at radius 2 is 0.641 bits per heavy atom. The Morgan fingerprint density at radius 3 is 0.872 bits per heavy atom. The molecule has 0 aliphatic carbocycles. The van der Waals surface area contributed by atoms with Gasteiger partial charge in [-0.3, -0.25) is 0 Å². The van der Waals surface area contributed by atoms with E-state index in [-0.39, 0.29) is 0 Å². The zero-order valence-electron chi connectivity index (χ0n) is 27.6. The van der Waals surface area contributed by atoms with Gasteiger partial charge in [0.25, 0.3) is 0 Å². The molecular formula is C38H74O. The van der Waals surface area contributed by atoms with Crippen LogP contribution in [0, 0.1) is 5.92 Å². The number of hydrogen-bond donors (Lipinski definition) is 0. The monoisotopic (exact) mass is 547 g/mol. The van der Waals surface area contributed by atoms with Crippen LogP contribution in [0.1, 0.15) is 226 Å². The summed E-state index contributed by atoms with van der Waals surface area (Å²) in [5.41, 5.74) is 0.936. The van der Waals surface area contributed by atoms with Crippen molar-refractivity contribution >= 4 is 5.94 Å². The molecule has 0 bridgehead atoms. The number of carbonyl (C=O) groups excluding carboxylic acids is 1. The first-order valence-electron chi connectivity index (χ1n) is 18.4. The molecule has 0 N–H and O–H groups in total. The van der Waals surface area contributed by atoms with Crippen molar-refractivity contribution in [3.05, 3.63) is 5.57 Å². The minimum absolute atomic E-state index is 0.714. The van der Waals surface area contributed by atoms with Crippen LogP contribution in [-0.2, 0) is 4.79 Å². The van der Waals surface area contributed by atoms with Crippen LogP contribution in [0.2, 0.25) is 0 Å². The summed E-state index contributed by atoms with van der Waals surface area (Å²) >= 11 is 0. The lowest BCUT2D eigenvalue weighted by molar-refractivity contribution is 0.399. The van der Waals surface area contributed by atoms with E-state index in [1.54, 1.807) is 0 Å². The molecule has 1 heteroatoms. The summed E-state index contributed by atoms with van der Waals surface area (Å²) in [6.45, 7) is 6.58. The summed E-state index contributed by atoms with van der Waals surface area (Å²) < 4.78 is 0. The summed E-state index contributed by atoms with van der Waals surface area (Å²) in [4.78, 5) is 11.1. The molecule has 39 heavy (non-hydrogen) atoms. The van der Waals surface area contributed by atoms with Gasteiger partial charge >= 0.3 is 0 Å². The average molecular weight is 547 g/mol. The van der Waals surface area contributed by atoms with Gasteiger partial charge in [-0.1, -0.05) is 213 Å². The van der Waals surface area contributed by atoms with Crippen molar-refractivity contribution in [1.29, 1.82) is 0 Å². The van der Waals surface area contributed by atoms with Gasteiger partial charge in [0.15, 0.2) is 0 Å². The molecule has 1 atom stereocenters. The zero-order chi connectivity index (χ0) is 28.5. The first-order valence-corrected chi connectivity index (χ1v) is 18.4. The van der Waals surface area contributed by atoms with Gasteiger partial charge in [-0.05, 0) is 19.3 Å². The van der Waals surface area contributed by atoms with Crippen LogP contribution in [0.25, 0.3) is 0 Å². The molecular weight excluding hydrogens is 472 g/mol. The molecule has 0 aromatic rings. The van der Waals surface area contributed by atoms with E-state index in [4.69, 9.17) is 0 Å². The van der Waals surface area contributed by atoms with Gasteiger partial charge in [0, 0.05) is 5.57 Å². The molecule has 1 unspecified atom stereocenters. The topological polar surface area (TPSA) is 17.1 Å². The summed E-state index contributed by atoms with van der Waals surface area (Å²) in [7, 11) is 0. The third-order valence-electron chi connectivity index (χ3n) is 8.95. The third-order valence-corrected chi connectivity index (χ3v) is 8.95. The second kappa shape index (κ2) is 33.7. The largest absolute Gasteiger partial charge is 0.234 e. The maximum absolute atomic E-state index is 11.1. The Hall–Kier alpha value is -0.550. The number of allylic oxidation sites excluding steroid dienone is 1. The molecule has 0 aliphatic rings. The summed E-state index contributed by atoms with van der Waals surface area (Å²) in [5, 5.41) is 0. The Kier molecular flexibility index (Phi) is 33.2. The molecule has 0 aromatic carbocycles. The zero-order valence-corrected chi connectivity index (χ0v) is 27.6. The van der Waals surface area contributed by atoms with Crippen LogP contribution < -0.4 is 0 Å². The van der Waals surface area contributed by atoms with Gasteiger partial charge in [0.2, 0.25) is 0 Å². The standard InChI is InChI=1S/C38H74O/c1-4-6-8-10-12-14-16-18-20-22-24-26-28-30-32-34-38(35-37(3)36-39)33-31-29-27-25-23-21-19-17-15-13-11-9-7-5-2/h38H,4-35H2,1-3H3. The number of hydrogen-bond acceptors (Lipinski definition) is 1. The number of rotatable bonds is 33. The highest BCUT2D eigenvalue weighted by atomic mass is 16.1. The van der Waals surface area contributed by atoms with E-state index in [9.17, 15) is 4.79 Å². The fraction of sp³-hybridized carbons (Fsp3) is 0.947. The Labute approximate surface area is 248 Å². The van der Waals surface area contributed by atoms with Crippen LogP contribution in [0.15, 0.2) is 5.57 Å². The molecule has 0 radical (unpaired) electrons. The van der Waals surface area contributed by atoms with Crippen LogP contribution in [0.3, 0.4) is 0 Å². The first kappa shape index (κ1) is 38.5. The molecule has 0 fully saturated rings. The maximum atomic E-state index is 11.1. The highest BCUT2D eigenvalue weighted by Crippen LogP contribution is 2.25. The third kappa shape index (κ3) is 31.8. The van der Waals surface area contributed by atoms with E-state index in [0.717, 1.165) is 12.0 Å². The molecule has 0 saturated carbocycles. The molecule has 0 spiro atoms. The van der Waals surface area contributed by atoms with Crippen molar-refractivity contribution in [2.24, 2.45) is 5.92 Å². The fourth-order valence-electron chi connectivity index (χ4n) is 6.26. The molecule has 232 valence electrons. The lowest BCUT2D eigenvalue weighted by Crippen LogP contribution is -2.02. The van der Waals surface area contributed by atoms with Crippen LogP contribution in [0.4, 0.5) is 0 Å². The predicted molar refractivity (Wildman–Crippen MR) is 177 cm³/mol. The van der Waals surface area contributed by atoms with Gasteiger partial charge in [-0.2, -0.15) is 0 Å². The molecule has 0 aromatic heterocycles. The van der Waals surface area contributed by atoms with Gasteiger partial charge in [-0.15, -0.1) is 0 Å². The fourth-order valence-corrected chi connectivity index (χ4v) is 6.26. The maximum Gasteiger partial charge on any atom is 0.123 e. The van der Waals surface area contributed by atoms with Crippen molar-refractivity contribution in [2.45, 2.75) is 226 Å². The van der Waals surface area contributed by atoms with Crippen LogP contribution in [0.5, 0.6) is 0 Å². The second-order valence-electron chi connectivity index (χ2n) is 13.1. The molecule has 1 nitrogen and oxygen atoms in total. The first-order chi connectivity index (χ1) is 19.2. The molecule has 0 amide bonds. The quantitative estimate of drug-likeness (QED) is 0.0591. The van der Waals surface area contributed by atoms with Gasteiger partial charge < -0.3 is 0 Å². The SMILES string of the molecule is CCCCCCCCCCCCCCCCCC(CCCCCCCCCCCCCCCC)CC(C)=C=O. The van der Waals surface area contributed by atoms with E-state index >= 15 is 0 Å². The lowest BCUT2D eigenvalue weighted by Gasteiger charge is -2.16. The minimum atomic E-state index is 0.714. The van der Waals surface area contributed by atoms with Gasteiger partial charge in [0.05, 0.1) is 0 Å². The van der Waals surface area contributed by atoms with E-state index in [1.165, 1.54) is 199 Å². The predicted octanol–water partition coefficient (Wildman–Crippen LogP) is 13.9. The summed E-state index contributed by atoms with van der Waals surface area (Å²) in [6.07, 6.45) is 45.0. The second-order valence-corrected chi connectivity index (χ2v) is 13.1. The van der Waals surface area contributed by atoms with Gasteiger partial charge in [-0.25, -0.2) is 4.79 Å². The normalized spacial score (nSPS) is 12.1. The lowest BCUT2D eigenvalue weighted by atomic mass is 9.89. The van der Waals surface area contributed by atoms with E-state index in [0.29, 0.717) is 5.92 Å². The Morgan fingerprint density at radius 1 is 0.410 bits per heavy atom. The molecule has 0 aliphatic heterocycles. The highest BCUT2D eigenvalue weighted by Gasteiger charge is 2.10. The minimum Gasteiger partial charge on any atom is -0.234 e. The summed E-state index contributed by atoms with van der Waals surface area (Å²) in [5.74, 6) is 2.88. The van der Waals surface area contributed by atoms with Crippen molar-refractivity contribution < 1.29 is 4.79 Å². The van der Waals surface area contributed by atoms with E-state index < -0.39 is 0 Å². The average Bonchev–Trinajstić information content (AvgIpc) is 2.94. The van der Waals surface area contributed by atoms with Crippen LogP contribution >= 0.6 is 0 Å². The van der Waals surface area contributed by atoms with Crippen molar-refractivity contribution in [3.8, 4) is 0 Å². The summed E-state index contributed by atoms with van der Waals surface area (Å²) in [6, 6.07) is 0. The van der Waals surface area contributed by atoms with Crippen LogP contribution in [-0.4, -0.2) is 5.94 Å².